The van der Waals surface area contributed by atoms with Gasteiger partial charge in [0.25, 0.3) is 0 Å². The topological polar surface area (TPSA) is 258 Å². The minimum absolute atomic E-state index is 0.603. The average Bonchev–Trinajstić information content (AvgIpc) is 2.72. The van der Waals surface area contributed by atoms with E-state index < -0.39 is 109 Å². The third-order valence-electron chi connectivity index (χ3n) is 4.08. The minimum Gasteiger partial charge on any atom is -0.463 e. The Hall–Kier alpha value is -3.51. The zero-order valence-corrected chi connectivity index (χ0v) is 16.9. The Labute approximate surface area is 183 Å². The molecule has 2 N–H and O–H groups in total. The van der Waals surface area contributed by atoms with E-state index in [0.717, 1.165) is 0 Å². The van der Waals surface area contributed by atoms with E-state index >= 15 is 0 Å². The van der Waals surface area contributed by atoms with Crippen LogP contribution >= 0.6 is 0 Å². The average molecular weight is 483 g/mol. The van der Waals surface area contributed by atoms with Gasteiger partial charge >= 0.3 is 17.9 Å². The predicted octanol–water partition coefficient (Wildman–Crippen LogP) is -2.57. The molecule has 0 amide bonds. The molecule has 1 fully saturated rings. The number of rotatable bonds is 13. The van der Waals surface area contributed by atoms with Crippen molar-refractivity contribution in [3.63, 3.8) is 0 Å². The summed E-state index contributed by atoms with van der Waals surface area (Å²) in [6.07, 6.45) is -11.3. The number of aliphatic hydroxyl groups excluding tert-OH is 2. The zero-order valence-electron chi connectivity index (χ0n) is 16.9. The Balaban J connectivity index is 2.89. The van der Waals surface area contributed by atoms with Gasteiger partial charge in [-0.15, -0.1) is 0 Å². The Bertz CT molecular complexity index is 759. The van der Waals surface area contributed by atoms with Gasteiger partial charge in [-0.3, -0.25) is 44.7 Å². The fourth-order valence-electron chi connectivity index (χ4n) is 2.52. The number of esters is 3. The monoisotopic (exact) mass is 483 g/mol. The predicted molar refractivity (Wildman–Crippen MR) is 97.0 cm³/mol. The van der Waals surface area contributed by atoms with E-state index in [9.17, 15) is 54.9 Å². The summed E-state index contributed by atoms with van der Waals surface area (Å²) < 4.78 is 19.5. The van der Waals surface area contributed by atoms with Crippen molar-refractivity contribution in [1.29, 1.82) is 0 Å². The highest BCUT2D eigenvalue weighted by Gasteiger charge is 2.49. The number of hydrogen-bond acceptors (Lipinski definition) is 15. The summed E-state index contributed by atoms with van der Waals surface area (Å²) in [7, 11) is 0. The van der Waals surface area contributed by atoms with E-state index in [2.05, 4.69) is 0 Å². The SMILES string of the molecule is O=C(CC[N+](=O)[O-])OCC1OC(O)C(OC(=O)CC[N+](=O)[O-])C(OC(=O)CC[N+](=O)[O-])C1O. The van der Waals surface area contributed by atoms with Crippen LogP contribution in [-0.4, -0.2) is 99.8 Å². The summed E-state index contributed by atoms with van der Waals surface area (Å²) in [6, 6.07) is 0. The van der Waals surface area contributed by atoms with Gasteiger partial charge in [0, 0.05) is 14.8 Å². The van der Waals surface area contributed by atoms with Crippen LogP contribution in [0.1, 0.15) is 19.3 Å². The van der Waals surface area contributed by atoms with Gasteiger partial charge in [-0.25, -0.2) is 0 Å². The Morgan fingerprint density at radius 2 is 1.18 bits per heavy atom. The summed E-state index contributed by atoms with van der Waals surface area (Å²) in [5.74, 6) is -3.45. The fraction of sp³-hybridized carbons (Fsp3) is 0.800. The molecule has 0 saturated carbocycles. The standard InChI is InChI=1S/C15H21N3O15/c19-9(1-4-16(24)25)30-7-8-12(22)13(32-10(20)2-5-17(26)27)14(15(23)31-8)33-11(21)3-6-18(28)29/h8,12-15,22-23H,1-7H2. The number of hydrogen-bond donors (Lipinski definition) is 2. The second-order valence-corrected chi connectivity index (χ2v) is 6.57. The third-order valence-corrected chi connectivity index (χ3v) is 4.08. The highest BCUT2D eigenvalue weighted by molar-refractivity contribution is 5.71. The van der Waals surface area contributed by atoms with Gasteiger partial charge in [-0.2, -0.15) is 0 Å². The van der Waals surface area contributed by atoms with Crippen LogP contribution in [0, 0.1) is 30.3 Å². The van der Waals surface area contributed by atoms with Crippen LogP contribution in [0.4, 0.5) is 0 Å². The normalized spacial score (nSPS) is 24.4. The van der Waals surface area contributed by atoms with E-state index in [0.29, 0.717) is 0 Å². The largest absolute Gasteiger partial charge is 0.463 e. The number of nitro groups is 3. The lowest BCUT2D eigenvalue weighted by atomic mass is 9.98. The number of ether oxygens (including phenoxy) is 4. The Morgan fingerprint density at radius 3 is 1.64 bits per heavy atom. The molecule has 18 heteroatoms. The van der Waals surface area contributed by atoms with Crippen molar-refractivity contribution in [3.05, 3.63) is 30.3 Å². The maximum Gasteiger partial charge on any atom is 0.313 e. The molecule has 5 atom stereocenters. The van der Waals surface area contributed by atoms with Crippen molar-refractivity contribution in [2.75, 3.05) is 26.2 Å². The van der Waals surface area contributed by atoms with Crippen LogP contribution in [-0.2, 0) is 33.3 Å². The van der Waals surface area contributed by atoms with E-state index in [-0.39, 0.29) is 0 Å². The maximum atomic E-state index is 11.9. The van der Waals surface area contributed by atoms with Crippen LogP contribution in [0.5, 0.6) is 0 Å². The fourth-order valence-corrected chi connectivity index (χ4v) is 2.52. The molecule has 0 bridgehead atoms. The Kier molecular flexibility index (Phi) is 11.0. The van der Waals surface area contributed by atoms with Gasteiger partial charge in [0.15, 0.2) is 18.5 Å². The first kappa shape index (κ1) is 27.5. The van der Waals surface area contributed by atoms with Crippen LogP contribution in [0.2, 0.25) is 0 Å². The van der Waals surface area contributed by atoms with Crippen LogP contribution < -0.4 is 0 Å². The number of nitrogens with zero attached hydrogens (tertiary/aromatic N) is 3. The van der Waals surface area contributed by atoms with Gasteiger partial charge in [0.2, 0.25) is 19.6 Å². The van der Waals surface area contributed by atoms with Crippen molar-refractivity contribution >= 4 is 17.9 Å². The molecule has 186 valence electrons. The molecule has 5 unspecified atom stereocenters. The maximum absolute atomic E-state index is 11.9. The molecular formula is C15H21N3O15. The molecule has 0 aromatic rings. The zero-order chi connectivity index (χ0) is 25.1. The molecule has 0 aromatic carbocycles. The minimum atomic E-state index is -2.07. The van der Waals surface area contributed by atoms with Crippen molar-refractivity contribution in [2.45, 2.75) is 50.0 Å². The van der Waals surface area contributed by atoms with Crippen molar-refractivity contribution in [2.24, 2.45) is 0 Å². The molecule has 0 aliphatic carbocycles. The van der Waals surface area contributed by atoms with Crippen LogP contribution in [0.3, 0.4) is 0 Å². The Morgan fingerprint density at radius 1 is 0.758 bits per heavy atom. The first-order valence-electron chi connectivity index (χ1n) is 9.32. The quantitative estimate of drug-likeness (QED) is 0.118. The number of carbonyl (C=O) groups is 3. The lowest BCUT2D eigenvalue weighted by Gasteiger charge is -2.41. The summed E-state index contributed by atoms with van der Waals surface area (Å²) in [4.78, 5) is 63.9. The summed E-state index contributed by atoms with van der Waals surface area (Å²) >= 11 is 0. The molecule has 18 nitrogen and oxygen atoms in total. The van der Waals surface area contributed by atoms with Gasteiger partial charge in [0.05, 0.1) is 0 Å². The van der Waals surface area contributed by atoms with Crippen molar-refractivity contribution in [1.82, 2.24) is 0 Å². The molecule has 1 aliphatic heterocycles. The van der Waals surface area contributed by atoms with Crippen molar-refractivity contribution in [3.8, 4) is 0 Å². The first-order valence-corrected chi connectivity index (χ1v) is 9.32. The molecule has 0 radical (unpaired) electrons. The van der Waals surface area contributed by atoms with Crippen LogP contribution in [0.25, 0.3) is 0 Å². The third kappa shape index (κ3) is 10.1. The molecule has 33 heavy (non-hydrogen) atoms. The van der Waals surface area contributed by atoms with Gasteiger partial charge < -0.3 is 29.2 Å². The lowest BCUT2D eigenvalue weighted by molar-refractivity contribution is -0.479. The van der Waals surface area contributed by atoms with Gasteiger partial charge in [-0.05, 0) is 0 Å². The molecule has 0 aromatic heterocycles. The summed E-state index contributed by atoms with van der Waals surface area (Å²) in [5.41, 5.74) is 0. The van der Waals surface area contributed by atoms with E-state index in [1.165, 1.54) is 0 Å². The van der Waals surface area contributed by atoms with Crippen LogP contribution in [0.15, 0.2) is 0 Å². The van der Waals surface area contributed by atoms with Crippen molar-refractivity contribution < 1.29 is 58.3 Å². The second-order valence-electron chi connectivity index (χ2n) is 6.57. The van der Waals surface area contributed by atoms with Gasteiger partial charge in [-0.1, -0.05) is 0 Å². The molecule has 1 rings (SSSR count). The number of aliphatic hydroxyl groups is 2. The molecule has 1 saturated heterocycles. The molecular weight excluding hydrogens is 462 g/mol. The van der Waals surface area contributed by atoms with E-state index in [4.69, 9.17) is 18.9 Å². The summed E-state index contributed by atoms with van der Waals surface area (Å²) in [5, 5.41) is 51.7. The number of carbonyl (C=O) groups excluding carboxylic acids is 3. The molecule has 0 spiro atoms. The summed E-state index contributed by atoms with van der Waals surface area (Å²) in [6.45, 7) is -3.12. The van der Waals surface area contributed by atoms with Gasteiger partial charge in [0.1, 0.15) is 38.1 Å². The highest BCUT2D eigenvalue weighted by Crippen LogP contribution is 2.26. The molecule has 1 heterocycles. The van der Waals surface area contributed by atoms with E-state index in [1.54, 1.807) is 0 Å². The first-order chi connectivity index (χ1) is 15.4. The molecule has 1 aliphatic rings. The smallest absolute Gasteiger partial charge is 0.313 e. The van der Waals surface area contributed by atoms with E-state index in [1.807, 2.05) is 0 Å². The highest BCUT2D eigenvalue weighted by atomic mass is 16.7. The second kappa shape index (κ2) is 13.1. The lowest BCUT2D eigenvalue weighted by Crippen LogP contribution is -2.61.